The summed E-state index contributed by atoms with van der Waals surface area (Å²) in [6, 6.07) is 8.00. The second kappa shape index (κ2) is 5.11. The molecule has 2 heterocycles. The predicted molar refractivity (Wildman–Crippen MR) is 78.2 cm³/mol. The van der Waals surface area contributed by atoms with Gasteiger partial charge >= 0.3 is 0 Å². The largest absolute Gasteiger partial charge is 0.326 e. The molecule has 2 aliphatic heterocycles. The fourth-order valence-corrected chi connectivity index (χ4v) is 4.70. The summed E-state index contributed by atoms with van der Waals surface area (Å²) in [4.78, 5) is 0. The van der Waals surface area contributed by atoms with Gasteiger partial charge in [-0.15, -0.1) is 0 Å². The van der Waals surface area contributed by atoms with Crippen molar-refractivity contribution in [3.05, 3.63) is 35.4 Å². The molecule has 1 fully saturated rings. The van der Waals surface area contributed by atoms with E-state index in [1.54, 1.807) is 4.31 Å². The lowest BCUT2D eigenvalue weighted by atomic mass is 10.0. The molecule has 5 nitrogen and oxygen atoms in total. The van der Waals surface area contributed by atoms with Crippen LogP contribution in [0, 0.1) is 5.92 Å². The van der Waals surface area contributed by atoms with Gasteiger partial charge in [-0.25, -0.2) is 0 Å². The number of nitrogens with zero attached hydrogens (tertiary/aromatic N) is 2. The van der Waals surface area contributed by atoms with Gasteiger partial charge in [0.2, 0.25) is 0 Å². The Morgan fingerprint density at radius 3 is 2.50 bits per heavy atom. The van der Waals surface area contributed by atoms with Crippen LogP contribution in [0.25, 0.3) is 0 Å². The van der Waals surface area contributed by atoms with Crippen molar-refractivity contribution in [3.8, 4) is 0 Å². The molecule has 1 aromatic rings. The zero-order valence-corrected chi connectivity index (χ0v) is 12.5. The molecule has 2 N–H and O–H groups in total. The van der Waals surface area contributed by atoms with E-state index in [1.807, 2.05) is 25.1 Å². The fourth-order valence-electron chi connectivity index (χ4n) is 2.96. The molecule has 3 rings (SSSR count). The third-order valence-electron chi connectivity index (χ3n) is 4.39. The van der Waals surface area contributed by atoms with Crippen LogP contribution < -0.4 is 5.73 Å². The van der Waals surface area contributed by atoms with Crippen molar-refractivity contribution < 1.29 is 8.42 Å². The van der Waals surface area contributed by atoms with E-state index in [1.165, 1.54) is 9.87 Å². The summed E-state index contributed by atoms with van der Waals surface area (Å²) in [6.07, 6.45) is 0.783. The van der Waals surface area contributed by atoms with Crippen molar-refractivity contribution in [2.24, 2.45) is 11.7 Å². The first kappa shape index (κ1) is 14.0. The van der Waals surface area contributed by atoms with Crippen molar-refractivity contribution in [1.29, 1.82) is 0 Å². The molecule has 110 valence electrons. The van der Waals surface area contributed by atoms with Crippen LogP contribution in [0.15, 0.2) is 24.3 Å². The molecule has 1 aromatic carbocycles. The summed E-state index contributed by atoms with van der Waals surface area (Å²) < 4.78 is 28.5. The molecule has 2 unspecified atom stereocenters. The fraction of sp³-hybridized carbons (Fsp3) is 0.571. The first-order valence-electron chi connectivity index (χ1n) is 7.06. The standard InChI is InChI=1S/C14H21N3O2S/c1-11-8-17(10-14(11)15)20(18,19)16-7-6-12-4-2-3-5-13(12)9-16/h2-5,11,14H,6-10,15H2,1H3. The maximum Gasteiger partial charge on any atom is 0.282 e. The highest BCUT2D eigenvalue weighted by atomic mass is 32.2. The first-order chi connectivity index (χ1) is 9.48. The third-order valence-corrected chi connectivity index (χ3v) is 6.30. The van der Waals surface area contributed by atoms with Gasteiger partial charge in [0.05, 0.1) is 0 Å². The maximum atomic E-state index is 12.7. The van der Waals surface area contributed by atoms with Crippen LogP contribution in [0.3, 0.4) is 0 Å². The molecule has 0 bridgehead atoms. The van der Waals surface area contributed by atoms with Crippen LogP contribution >= 0.6 is 0 Å². The molecule has 0 saturated carbocycles. The van der Waals surface area contributed by atoms with Gasteiger partial charge < -0.3 is 5.73 Å². The Morgan fingerprint density at radius 1 is 1.15 bits per heavy atom. The van der Waals surface area contributed by atoms with E-state index >= 15 is 0 Å². The van der Waals surface area contributed by atoms with E-state index in [-0.39, 0.29) is 12.0 Å². The molecule has 2 aliphatic rings. The van der Waals surface area contributed by atoms with E-state index in [0.717, 1.165) is 12.0 Å². The Labute approximate surface area is 120 Å². The van der Waals surface area contributed by atoms with Crippen LogP contribution in [0.5, 0.6) is 0 Å². The average Bonchev–Trinajstić information content (AvgIpc) is 2.79. The minimum Gasteiger partial charge on any atom is -0.326 e. The number of hydrogen-bond acceptors (Lipinski definition) is 3. The van der Waals surface area contributed by atoms with Crippen LogP contribution in [-0.4, -0.2) is 42.7 Å². The Morgan fingerprint density at radius 2 is 1.85 bits per heavy atom. The smallest absolute Gasteiger partial charge is 0.282 e. The topological polar surface area (TPSA) is 66.6 Å². The van der Waals surface area contributed by atoms with Gasteiger partial charge in [-0.1, -0.05) is 31.2 Å². The predicted octanol–water partition coefficient (Wildman–Crippen LogP) is 0.568. The van der Waals surface area contributed by atoms with Crippen molar-refractivity contribution in [2.75, 3.05) is 19.6 Å². The maximum absolute atomic E-state index is 12.7. The molecule has 0 aromatic heterocycles. The number of hydrogen-bond donors (Lipinski definition) is 1. The molecule has 0 amide bonds. The van der Waals surface area contributed by atoms with Crippen molar-refractivity contribution in [3.63, 3.8) is 0 Å². The van der Waals surface area contributed by atoms with Gasteiger partial charge in [-0.05, 0) is 23.5 Å². The van der Waals surface area contributed by atoms with Gasteiger partial charge in [-0.3, -0.25) is 0 Å². The number of fused-ring (bicyclic) bond motifs is 1. The van der Waals surface area contributed by atoms with Crippen molar-refractivity contribution >= 4 is 10.2 Å². The quantitative estimate of drug-likeness (QED) is 0.867. The normalized spacial score (nSPS) is 28.5. The lowest BCUT2D eigenvalue weighted by Crippen LogP contribution is -2.45. The number of nitrogens with two attached hydrogens (primary N) is 1. The molecule has 0 spiro atoms. The molecule has 6 heteroatoms. The minimum absolute atomic E-state index is 0.0538. The zero-order chi connectivity index (χ0) is 14.3. The zero-order valence-electron chi connectivity index (χ0n) is 11.7. The van der Waals surface area contributed by atoms with Crippen LogP contribution in [0.1, 0.15) is 18.1 Å². The van der Waals surface area contributed by atoms with E-state index in [4.69, 9.17) is 5.73 Å². The van der Waals surface area contributed by atoms with Crippen LogP contribution in [0.4, 0.5) is 0 Å². The third kappa shape index (κ3) is 2.37. The second-order valence-corrected chi connectivity index (χ2v) is 7.75. The van der Waals surface area contributed by atoms with Gasteiger partial charge in [0.25, 0.3) is 10.2 Å². The van der Waals surface area contributed by atoms with Crippen LogP contribution in [-0.2, 0) is 23.2 Å². The lowest BCUT2D eigenvalue weighted by molar-refractivity contribution is 0.342. The van der Waals surface area contributed by atoms with E-state index in [0.29, 0.717) is 26.2 Å². The first-order valence-corrected chi connectivity index (χ1v) is 8.46. The SMILES string of the molecule is CC1CN(S(=O)(=O)N2CCc3ccccc3C2)CC1N. The highest BCUT2D eigenvalue weighted by Gasteiger charge is 2.38. The van der Waals surface area contributed by atoms with Gasteiger partial charge in [0, 0.05) is 32.2 Å². The summed E-state index contributed by atoms with van der Waals surface area (Å²) in [6.45, 7) is 3.99. The second-order valence-electron chi connectivity index (χ2n) is 5.82. The summed E-state index contributed by atoms with van der Waals surface area (Å²) in [7, 11) is -3.38. The van der Waals surface area contributed by atoms with Gasteiger partial charge in [0.15, 0.2) is 0 Å². The van der Waals surface area contributed by atoms with Crippen LogP contribution in [0.2, 0.25) is 0 Å². The number of benzene rings is 1. The summed E-state index contributed by atoms with van der Waals surface area (Å²) in [5.41, 5.74) is 8.31. The molecule has 1 saturated heterocycles. The average molecular weight is 295 g/mol. The van der Waals surface area contributed by atoms with Gasteiger partial charge in [-0.2, -0.15) is 17.0 Å². The summed E-state index contributed by atoms with van der Waals surface area (Å²) in [5.74, 6) is 0.224. The van der Waals surface area contributed by atoms with Crippen molar-refractivity contribution in [2.45, 2.75) is 25.9 Å². The highest BCUT2D eigenvalue weighted by Crippen LogP contribution is 2.25. The highest BCUT2D eigenvalue weighted by molar-refractivity contribution is 7.86. The molecular formula is C14H21N3O2S. The summed E-state index contributed by atoms with van der Waals surface area (Å²) >= 11 is 0. The molecule has 20 heavy (non-hydrogen) atoms. The monoisotopic (exact) mass is 295 g/mol. The molecule has 0 radical (unpaired) electrons. The van der Waals surface area contributed by atoms with Gasteiger partial charge in [0.1, 0.15) is 0 Å². The summed E-state index contributed by atoms with van der Waals surface area (Å²) in [5, 5.41) is 0. The Balaban J connectivity index is 1.80. The molecular weight excluding hydrogens is 274 g/mol. The van der Waals surface area contributed by atoms with E-state index < -0.39 is 10.2 Å². The Hall–Kier alpha value is -0.950. The number of rotatable bonds is 2. The molecule has 2 atom stereocenters. The van der Waals surface area contributed by atoms with E-state index in [2.05, 4.69) is 6.07 Å². The van der Waals surface area contributed by atoms with Crippen molar-refractivity contribution in [1.82, 2.24) is 8.61 Å². The lowest BCUT2D eigenvalue weighted by Gasteiger charge is -2.31. The Kier molecular flexibility index (Phi) is 3.58. The minimum atomic E-state index is -3.38. The molecule has 0 aliphatic carbocycles. The Bertz CT molecular complexity index is 592. The van der Waals surface area contributed by atoms with E-state index in [9.17, 15) is 8.42 Å².